The van der Waals surface area contributed by atoms with E-state index in [4.69, 9.17) is 0 Å². The molecule has 0 saturated heterocycles. The molecular formula is C6H9F3N2O. The number of ketones is 1. The standard InChI is InChI=1S/C6H9F3N2O/c1-5(12)3-11(2)10-4-6(7,8)9/h4H,3H2,1-2H3/b10-4+. The molecule has 6 heteroatoms. The summed E-state index contributed by atoms with van der Waals surface area (Å²) in [5.74, 6) is -0.239. The molecule has 0 rings (SSSR count). The summed E-state index contributed by atoms with van der Waals surface area (Å²) in [6.07, 6.45) is -4.58. The van der Waals surface area contributed by atoms with Gasteiger partial charge in [0.1, 0.15) is 6.21 Å². The molecule has 0 aliphatic heterocycles. The lowest BCUT2D eigenvalue weighted by molar-refractivity contribution is -0.117. The van der Waals surface area contributed by atoms with Gasteiger partial charge >= 0.3 is 6.18 Å². The summed E-state index contributed by atoms with van der Waals surface area (Å²) in [6.45, 7) is 1.16. The van der Waals surface area contributed by atoms with E-state index < -0.39 is 6.18 Å². The van der Waals surface area contributed by atoms with Crippen molar-refractivity contribution in [2.24, 2.45) is 5.10 Å². The zero-order chi connectivity index (χ0) is 9.78. The molecule has 0 aromatic carbocycles. The molecule has 0 aromatic heterocycles. The van der Waals surface area contributed by atoms with Crippen molar-refractivity contribution in [3.8, 4) is 0 Å². The number of hydrogen-bond donors (Lipinski definition) is 0. The maximum Gasteiger partial charge on any atom is 0.428 e. The minimum absolute atomic E-state index is 0.118. The van der Waals surface area contributed by atoms with Crippen LogP contribution in [0.3, 0.4) is 0 Å². The van der Waals surface area contributed by atoms with Crippen LogP contribution in [0.15, 0.2) is 5.10 Å². The number of hydrogen-bond acceptors (Lipinski definition) is 3. The molecular weight excluding hydrogens is 173 g/mol. The van der Waals surface area contributed by atoms with Gasteiger partial charge in [-0.1, -0.05) is 0 Å². The molecule has 3 nitrogen and oxygen atoms in total. The summed E-state index contributed by atoms with van der Waals surface area (Å²) < 4.78 is 34.5. The smallest absolute Gasteiger partial charge is 0.298 e. The monoisotopic (exact) mass is 182 g/mol. The highest BCUT2D eigenvalue weighted by molar-refractivity contribution is 5.77. The third kappa shape index (κ3) is 7.04. The van der Waals surface area contributed by atoms with Crippen LogP contribution in [0, 0.1) is 0 Å². The summed E-state index contributed by atoms with van der Waals surface area (Å²) in [4.78, 5) is 10.4. The molecule has 0 saturated carbocycles. The van der Waals surface area contributed by atoms with Gasteiger partial charge in [-0.3, -0.25) is 9.80 Å². The van der Waals surface area contributed by atoms with Crippen molar-refractivity contribution in [2.45, 2.75) is 13.1 Å². The Morgan fingerprint density at radius 2 is 2.08 bits per heavy atom. The van der Waals surface area contributed by atoms with Crippen molar-refractivity contribution in [1.82, 2.24) is 5.01 Å². The molecule has 0 fully saturated rings. The Morgan fingerprint density at radius 3 is 2.42 bits per heavy atom. The van der Waals surface area contributed by atoms with Crippen LogP contribution in [-0.4, -0.2) is 36.8 Å². The molecule has 0 heterocycles. The fourth-order valence-electron chi connectivity index (χ4n) is 0.527. The van der Waals surface area contributed by atoms with Crippen molar-refractivity contribution in [3.05, 3.63) is 0 Å². The predicted octanol–water partition coefficient (Wildman–Crippen LogP) is 1.06. The third-order valence-electron chi connectivity index (χ3n) is 0.853. The highest BCUT2D eigenvalue weighted by atomic mass is 19.4. The highest BCUT2D eigenvalue weighted by Crippen LogP contribution is 2.10. The largest absolute Gasteiger partial charge is 0.428 e. The van der Waals surface area contributed by atoms with E-state index in [-0.39, 0.29) is 18.5 Å². The lowest BCUT2D eigenvalue weighted by Crippen LogP contribution is -2.21. The molecule has 0 N–H and O–H groups in total. The van der Waals surface area contributed by atoms with E-state index in [0.717, 1.165) is 5.01 Å². The van der Waals surface area contributed by atoms with Crippen LogP contribution in [0.25, 0.3) is 0 Å². The van der Waals surface area contributed by atoms with E-state index in [1.165, 1.54) is 14.0 Å². The Morgan fingerprint density at radius 1 is 1.58 bits per heavy atom. The highest BCUT2D eigenvalue weighted by Gasteiger charge is 2.24. The number of hydrazone groups is 1. The molecule has 0 aliphatic rings. The molecule has 0 aromatic rings. The molecule has 0 atom stereocenters. The van der Waals surface area contributed by atoms with Gasteiger partial charge in [-0.05, 0) is 6.92 Å². The van der Waals surface area contributed by atoms with Crippen LogP contribution in [0.2, 0.25) is 0 Å². The molecule has 0 spiro atoms. The second kappa shape index (κ2) is 4.08. The number of alkyl halides is 3. The number of rotatable bonds is 3. The van der Waals surface area contributed by atoms with Gasteiger partial charge in [-0.15, -0.1) is 0 Å². The number of carbonyl (C=O) groups excluding carboxylic acids is 1. The normalized spacial score (nSPS) is 12.1. The Kier molecular flexibility index (Phi) is 3.72. The summed E-state index contributed by atoms with van der Waals surface area (Å²) >= 11 is 0. The average Bonchev–Trinajstić information content (AvgIpc) is 1.80. The Labute approximate surface area is 67.8 Å². The van der Waals surface area contributed by atoms with Gasteiger partial charge < -0.3 is 0 Å². The Balaban J connectivity index is 3.91. The SMILES string of the molecule is CC(=O)CN(C)/N=C/C(F)(F)F. The van der Waals surface area contributed by atoms with Gasteiger partial charge in [0.05, 0.1) is 6.54 Å². The first kappa shape index (κ1) is 10.9. The molecule has 0 radical (unpaired) electrons. The van der Waals surface area contributed by atoms with E-state index in [0.29, 0.717) is 0 Å². The number of likely N-dealkylation sites (N-methyl/N-ethyl adjacent to an activating group) is 1. The van der Waals surface area contributed by atoms with Crippen LogP contribution in [-0.2, 0) is 4.79 Å². The quantitative estimate of drug-likeness (QED) is 0.482. The zero-order valence-corrected chi connectivity index (χ0v) is 6.72. The summed E-state index contributed by atoms with van der Waals surface area (Å²) in [6, 6.07) is 0. The van der Waals surface area contributed by atoms with Gasteiger partial charge in [-0.25, -0.2) is 0 Å². The molecule has 0 unspecified atom stereocenters. The van der Waals surface area contributed by atoms with Crippen molar-refractivity contribution < 1.29 is 18.0 Å². The number of nitrogens with zero attached hydrogens (tertiary/aromatic N) is 2. The maximum absolute atomic E-state index is 11.5. The lowest BCUT2D eigenvalue weighted by atomic mass is 10.4. The summed E-state index contributed by atoms with van der Waals surface area (Å²) in [7, 11) is 1.30. The Bertz CT molecular complexity index is 188. The van der Waals surface area contributed by atoms with Crippen LogP contribution < -0.4 is 0 Å². The third-order valence-corrected chi connectivity index (χ3v) is 0.853. The van der Waals surface area contributed by atoms with Gasteiger partial charge in [-0.2, -0.15) is 18.3 Å². The van der Waals surface area contributed by atoms with E-state index in [1.807, 2.05) is 0 Å². The van der Waals surface area contributed by atoms with E-state index in [9.17, 15) is 18.0 Å². The second-order valence-electron chi connectivity index (χ2n) is 2.30. The van der Waals surface area contributed by atoms with Crippen LogP contribution in [0.5, 0.6) is 0 Å². The summed E-state index contributed by atoms with van der Waals surface area (Å²) in [5, 5.41) is 3.92. The van der Waals surface area contributed by atoms with E-state index >= 15 is 0 Å². The van der Waals surface area contributed by atoms with Gasteiger partial charge in [0.2, 0.25) is 0 Å². The molecule has 12 heavy (non-hydrogen) atoms. The minimum Gasteiger partial charge on any atom is -0.298 e. The predicted molar refractivity (Wildman–Crippen MR) is 37.9 cm³/mol. The fourth-order valence-corrected chi connectivity index (χ4v) is 0.527. The van der Waals surface area contributed by atoms with E-state index in [1.54, 1.807) is 0 Å². The topological polar surface area (TPSA) is 32.7 Å². The molecule has 0 bridgehead atoms. The minimum atomic E-state index is -4.43. The fraction of sp³-hybridized carbons (Fsp3) is 0.667. The molecule has 0 amide bonds. The molecule has 0 aliphatic carbocycles. The number of halogens is 3. The molecule has 70 valence electrons. The summed E-state index contributed by atoms with van der Waals surface area (Å²) in [5.41, 5.74) is 0. The van der Waals surface area contributed by atoms with Crippen molar-refractivity contribution in [1.29, 1.82) is 0 Å². The first-order chi connectivity index (χ1) is 5.31. The van der Waals surface area contributed by atoms with Crippen LogP contribution in [0.1, 0.15) is 6.92 Å². The lowest BCUT2D eigenvalue weighted by Gasteiger charge is -2.09. The average molecular weight is 182 g/mol. The van der Waals surface area contributed by atoms with Crippen molar-refractivity contribution >= 4 is 12.0 Å². The number of Topliss-reactive ketones (excluding diaryl/α,β-unsaturated/α-hetero) is 1. The van der Waals surface area contributed by atoms with Gasteiger partial charge in [0.25, 0.3) is 0 Å². The van der Waals surface area contributed by atoms with Gasteiger partial charge in [0, 0.05) is 7.05 Å². The van der Waals surface area contributed by atoms with Crippen LogP contribution in [0.4, 0.5) is 13.2 Å². The van der Waals surface area contributed by atoms with Crippen LogP contribution >= 0.6 is 0 Å². The zero-order valence-electron chi connectivity index (χ0n) is 6.72. The van der Waals surface area contributed by atoms with Crippen molar-refractivity contribution in [3.63, 3.8) is 0 Å². The first-order valence-corrected chi connectivity index (χ1v) is 3.13. The van der Waals surface area contributed by atoms with Gasteiger partial charge in [0.15, 0.2) is 5.78 Å². The van der Waals surface area contributed by atoms with E-state index in [2.05, 4.69) is 5.10 Å². The van der Waals surface area contributed by atoms with Crippen molar-refractivity contribution in [2.75, 3.05) is 13.6 Å². The second-order valence-corrected chi connectivity index (χ2v) is 2.30. The first-order valence-electron chi connectivity index (χ1n) is 3.13. The number of carbonyl (C=O) groups is 1. The Hall–Kier alpha value is -1.07. The maximum atomic E-state index is 11.5.